The van der Waals surface area contributed by atoms with Crippen LogP contribution in [-0.2, 0) is 13.0 Å². The Labute approximate surface area is 190 Å². The van der Waals surface area contributed by atoms with Crippen LogP contribution in [0, 0.1) is 13.8 Å². The highest BCUT2D eigenvalue weighted by atomic mass is 32.1. The van der Waals surface area contributed by atoms with Crippen LogP contribution >= 0.6 is 11.3 Å². The lowest BCUT2D eigenvalue weighted by Gasteiger charge is -2.08. The number of hydrogen-bond acceptors (Lipinski definition) is 7. The number of methoxy groups -OCH3 is 1. The molecule has 2 aromatic carbocycles. The van der Waals surface area contributed by atoms with Gasteiger partial charge in [-0.15, -0.1) is 11.3 Å². The molecule has 2 aromatic heterocycles. The van der Waals surface area contributed by atoms with E-state index in [1.165, 1.54) is 11.3 Å². The molecule has 0 saturated carbocycles. The van der Waals surface area contributed by atoms with Crippen LogP contribution < -0.4 is 14.8 Å². The van der Waals surface area contributed by atoms with Gasteiger partial charge >= 0.3 is 0 Å². The second kappa shape index (κ2) is 9.65. The Morgan fingerprint density at radius 3 is 2.72 bits per heavy atom. The zero-order valence-corrected chi connectivity index (χ0v) is 18.9. The van der Waals surface area contributed by atoms with Crippen LogP contribution in [0.15, 0.2) is 59.3 Å². The number of aryl methyl sites for hydroxylation is 2. The van der Waals surface area contributed by atoms with Crippen molar-refractivity contribution < 1.29 is 18.8 Å². The van der Waals surface area contributed by atoms with Gasteiger partial charge in [0.25, 0.3) is 5.91 Å². The number of thiazole rings is 1. The van der Waals surface area contributed by atoms with Crippen molar-refractivity contribution in [2.45, 2.75) is 26.9 Å². The van der Waals surface area contributed by atoms with Crippen LogP contribution in [0.5, 0.6) is 11.5 Å². The van der Waals surface area contributed by atoms with Crippen LogP contribution in [0.4, 0.5) is 5.13 Å². The van der Waals surface area contributed by atoms with Crippen LogP contribution in [-0.4, -0.2) is 23.2 Å². The lowest BCUT2D eigenvalue weighted by atomic mass is 10.1. The molecule has 2 heterocycles. The molecule has 4 rings (SSSR count). The number of anilines is 1. The Morgan fingerprint density at radius 1 is 1.12 bits per heavy atom. The van der Waals surface area contributed by atoms with E-state index in [2.05, 4.69) is 15.5 Å². The Kier molecular flexibility index (Phi) is 6.51. The molecule has 0 fully saturated rings. The average Bonchev–Trinajstić information content (AvgIpc) is 3.37. The minimum absolute atomic E-state index is 0.241. The zero-order valence-electron chi connectivity index (χ0n) is 18.0. The molecule has 4 aromatic rings. The summed E-state index contributed by atoms with van der Waals surface area (Å²) in [5.74, 6) is 1.90. The second-order valence-corrected chi connectivity index (χ2v) is 8.35. The molecule has 0 unspecified atom stereocenters. The van der Waals surface area contributed by atoms with Crippen LogP contribution in [0.25, 0.3) is 0 Å². The van der Waals surface area contributed by atoms with E-state index >= 15 is 0 Å². The quantitative estimate of drug-likeness (QED) is 0.399. The molecule has 1 amide bonds. The van der Waals surface area contributed by atoms with E-state index in [1.807, 2.05) is 44.2 Å². The Balaban J connectivity index is 1.38. The molecule has 0 aliphatic heterocycles. The van der Waals surface area contributed by atoms with Crippen molar-refractivity contribution in [1.82, 2.24) is 10.1 Å². The van der Waals surface area contributed by atoms with Crippen LogP contribution in [0.2, 0.25) is 0 Å². The number of amides is 1. The lowest BCUT2D eigenvalue weighted by Crippen LogP contribution is -2.11. The Morgan fingerprint density at radius 2 is 1.94 bits per heavy atom. The van der Waals surface area contributed by atoms with Crippen LogP contribution in [0.3, 0.4) is 0 Å². The molecule has 0 saturated heterocycles. The fraction of sp³-hybridized carbons (Fsp3) is 0.208. The molecule has 0 aliphatic rings. The number of carbonyl (C=O) groups is 1. The molecule has 7 nitrogen and oxygen atoms in total. The topological polar surface area (TPSA) is 86.5 Å². The second-order valence-electron chi connectivity index (χ2n) is 7.23. The first kappa shape index (κ1) is 21.6. The summed E-state index contributed by atoms with van der Waals surface area (Å²) in [6, 6.07) is 14.9. The minimum atomic E-state index is -0.241. The van der Waals surface area contributed by atoms with Crippen molar-refractivity contribution in [3.63, 3.8) is 0 Å². The van der Waals surface area contributed by atoms with Crippen molar-refractivity contribution in [2.75, 3.05) is 12.4 Å². The number of nitrogens with zero attached hydrogens (tertiary/aromatic N) is 2. The smallest absolute Gasteiger partial charge is 0.257 e. The third-order valence-electron chi connectivity index (χ3n) is 4.95. The molecular formula is C24H23N3O4S. The van der Waals surface area contributed by atoms with Gasteiger partial charge in [-0.3, -0.25) is 10.1 Å². The summed E-state index contributed by atoms with van der Waals surface area (Å²) in [7, 11) is 1.65. The van der Waals surface area contributed by atoms with Gasteiger partial charge in [-0.2, -0.15) is 0 Å². The van der Waals surface area contributed by atoms with Gasteiger partial charge in [-0.1, -0.05) is 23.4 Å². The standard InChI is InChI=1S/C24H23N3O4S/c1-15-22(16(2)31-27-15)14-30-20-9-5-7-18(12-20)23(28)26-24-25-13-21(32-24)11-17-6-4-8-19(10-17)29-3/h4-10,12-13H,11,14H2,1-3H3,(H,25,26,28). The monoisotopic (exact) mass is 449 g/mol. The number of hydrogen-bond donors (Lipinski definition) is 1. The van der Waals surface area contributed by atoms with Gasteiger partial charge in [-0.25, -0.2) is 4.98 Å². The highest BCUT2D eigenvalue weighted by molar-refractivity contribution is 7.15. The van der Waals surface area contributed by atoms with Gasteiger partial charge < -0.3 is 14.0 Å². The maximum absolute atomic E-state index is 12.7. The van der Waals surface area contributed by atoms with E-state index in [4.69, 9.17) is 14.0 Å². The highest BCUT2D eigenvalue weighted by Crippen LogP contribution is 2.24. The SMILES string of the molecule is COc1cccc(Cc2cnc(NC(=O)c3cccc(OCc4c(C)noc4C)c3)s2)c1. The summed E-state index contributed by atoms with van der Waals surface area (Å²) in [5.41, 5.74) is 3.32. The van der Waals surface area contributed by atoms with Crippen molar-refractivity contribution in [3.05, 3.63) is 87.7 Å². The van der Waals surface area contributed by atoms with Crippen molar-refractivity contribution >= 4 is 22.4 Å². The number of aromatic nitrogens is 2. The molecule has 0 bridgehead atoms. The van der Waals surface area contributed by atoms with Gasteiger partial charge in [0.15, 0.2) is 5.13 Å². The molecule has 0 aliphatic carbocycles. The third kappa shape index (κ3) is 5.15. The molecule has 0 atom stereocenters. The van der Waals surface area contributed by atoms with Gasteiger partial charge in [0, 0.05) is 23.1 Å². The van der Waals surface area contributed by atoms with E-state index in [0.29, 0.717) is 23.1 Å². The van der Waals surface area contributed by atoms with E-state index in [9.17, 15) is 4.79 Å². The van der Waals surface area contributed by atoms with Gasteiger partial charge in [0.2, 0.25) is 0 Å². The maximum atomic E-state index is 12.7. The molecule has 32 heavy (non-hydrogen) atoms. The molecule has 8 heteroatoms. The Hall–Kier alpha value is -3.65. The molecule has 0 radical (unpaired) electrons. The summed E-state index contributed by atoms with van der Waals surface area (Å²) in [6.45, 7) is 4.04. The summed E-state index contributed by atoms with van der Waals surface area (Å²) < 4.78 is 16.3. The van der Waals surface area contributed by atoms with E-state index in [-0.39, 0.29) is 5.91 Å². The minimum Gasteiger partial charge on any atom is -0.497 e. The van der Waals surface area contributed by atoms with Gasteiger partial charge in [0.1, 0.15) is 23.9 Å². The maximum Gasteiger partial charge on any atom is 0.257 e. The number of ether oxygens (including phenoxy) is 2. The average molecular weight is 450 g/mol. The summed E-state index contributed by atoms with van der Waals surface area (Å²) >= 11 is 1.45. The Bertz CT molecular complexity index is 1210. The first-order valence-electron chi connectivity index (χ1n) is 10.1. The molecule has 0 spiro atoms. The van der Waals surface area contributed by atoms with E-state index in [1.54, 1.807) is 31.5 Å². The lowest BCUT2D eigenvalue weighted by molar-refractivity contribution is 0.102. The summed E-state index contributed by atoms with van der Waals surface area (Å²) in [6.07, 6.45) is 2.50. The highest BCUT2D eigenvalue weighted by Gasteiger charge is 2.13. The third-order valence-corrected chi connectivity index (χ3v) is 5.86. The van der Waals surface area contributed by atoms with Crippen molar-refractivity contribution in [1.29, 1.82) is 0 Å². The van der Waals surface area contributed by atoms with E-state index < -0.39 is 0 Å². The number of benzene rings is 2. The first-order valence-corrected chi connectivity index (χ1v) is 10.9. The summed E-state index contributed by atoms with van der Waals surface area (Å²) in [4.78, 5) is 18.1. The van der Waals surface area contributed by atoms with E-state index in [0.717, 1.165) is 39.6 Å². The zero-order chi connectivity index (χ0) is 22.5. The predicted molar refractivity (Wildman–Crippen MR) is 123 cm³/mol. The largest absolute Gasteiger partial charge is 0.497 e. The normalized spacial score (nSPS) is 10.7. The van der Waals surface area contributed by atoms with Gasteiger partial charge in [0.05, 0.1) is 18.4 Å². The fourth-order valence-corrected chi connectivity index (χ4v) is 4.03. The fourth-order valence-electron chi connectivity index (χ4n) is 3.19. The van der Waals surface area contributed by atoms with Crippen LogP contribution in [0.1, 0.15) is 37.8 Å². The molecular weight excluding hydrogens is 426 g/mol. The summed E-state index contributed by atoms with van der Waals surface area (Å²) in [5, 5.41) is 7.34. The first-order chi connectivity index (χ1) is 15.5. The number of rotatable bonds is 8. The van der Waals surface area contributed by atoms with Crippen molar-refractivity contribution in [3.8, 4) is 11.5 Å². The molecule has 1 N–H and O–H groups in total. The molecule has 164 valence electrons. The van der Waals surface area contributed by atoms with Gasteiger partial charge in [-0.05, 0) is 49.7 Å². The number of nitrogens with one attached hydrogen (secondary N) is 1. The predicted octanol–water partition coefficient (Wildman–Crippen LogP) is 5.18. The van der Waals surface area contributed by atoms with Crippen molar-refractivity contribution in [2.24, 2.45) is 0 Å². The number of carbonyl (C=O) groups excluding carboxylic acids is 1.